The van der Waals surface area contributed by atoms with E-state index in [-0.39, 0.29) is 73.3 Å². The molecule has 0 bridgehead atoms. The van der Waals surface area contributed by atoms with Gasteiger partial charge in [0.05, 0.1) is 0 Å². The Morgan fingerprint density at radius 2 is 0.286 bits per heavy atom. The molecule has 0 aliphatic carbocycles. The first kappa shape index (κ1) is 57.2. The minimum absolute atomic E-state index is 0. The van der Waals surface area contributed by atoms with E-state index in [1.165, 1.54) is 0 Å². The zero-order valence-electron chi connectivity index (χ0n) is 9.68. The van der Waals surface area contributed by atoms with Crippen LogP contribution < -0.4 is 0 Å². The average molecular weight is 359 g/mol. The molecule has 0 saturated heterocycles. The normalized spacial score (nSPS) is 5.14. The van der Waals surface area contributed by atoms with E-state index in [1.807, 2.05) is 0 Å². The zero-order valence-corrected chi connectivity index (χ0v) is 9.68. The van der Waals surface area contributed by atoms with Crippen LogP contribution in [0.1, 0.15) is 0 Å². The third kappa shape index (κ3) is 5000. The van der Waals surface area contributed by atoms with Gasteiger partial charge in [-0.2, -0.15) is 0 Å². The van der Waals surface area contributed by atoms with Crippen molar-refractivity contribution in [3.05, 3.63) is 0 Å². The quantitative estimate of drug-likeness (QED) is 0.179. The number of hydrogen-bond donors (Lipinski definition) is 12. The molecule has 16 nitrogen and oxygen atoms in total. The fraction of sp³-hybridized carbons (Fsp3) is 0. The molecule has 0 aromatic heterocycles. The SMILES string of the molecule is O.O.O.O.OB(O)O.OB(O)O.OB(O)O.OB(O)O.[KH]. The van der Waals surface area contributed by atoms with Gasteiger partial charge in [-0.05, 0) is 0 Å². The van der Waals surface area contributed by atoms with Crippen LogP contribution in [0.2, 0.25) is 0 Å². The number of hydrogen-bond acceptors (Lipinski definition) is 12. The van der Waals surface area contributed by atoms with E-state index in [4.69, 9.17) is 60.3 Å². The maximum absolute atomic E-state index is 7.17. The molecule has 0 saturated carbocycles. The molecule has 0 heterocycles. The molecule has 0 spiro atoms. The molecule has 0 aromatic rings. The Balaban J connectivity index is -0.0000000121. The van der Waals surface area contributed by atoms with Gasteiger partial charge in [0.2, 0.25) is 0 Å². The summed E-state index contributed by atoms with van der Waals surface area (Å²) in [4.78, 5) is 0. The summed E-state index contributed by atoms with van der Waals surface area (Å²) in [6.45, 7) is 0. The van der Waals surface area contributed by atoms with Crippen LogP contribution in [0.3, 0.4) is 0 Å². The Labute approximate surface area is 161 Å². The molecule has 21 heteroatoms. The Bertz CT molecular complexity index is 63.3. The molecule has 21 heavy (non-hydrogen) atoms. The molecule has 0 unspecified atom stereocenters. The first-order valence-electron chi connectivity index (χ1n) is 3.10. The van der Waals surface area contributed by atoms with Crippen molar-refractivity contribution in [1.29, 1.82) is 0 Å². The molecule has 0 amide bonds. The predicted molar refractivity (Wildman–Crippen MR) is 71.2 cm³/mol. The predicted octanol–water partition coefficient (Wildman–Crippen LogP) is -12.2. The molecule has 0 fully saturated rings. The summed E-state index contributed by atoms with van der Waals surface area (Å²) in [5.41, 5.74) is 0. The summed E-state index contributed by atoms with van der Waals surface area (Å²) in [5.74, 6) is 0. The molecule has 0 aromatic carbocycles. The van der Waals surface area contributed by atoms with Gasteiger partial charge in [-0.15, -0.1) is 0 Å². The molecule has 130 valence electrons. The summed E-state index contributed by atoms with van der Waals surface area (Å²) in [6.07, 6.45) is 0. The van der Waals surface area contributed by atoms with Crippen LogP contribution >= 0.6 is 0 Å². The van der Waals surface area contributed by atoms with Crippen LogP contribution in [0, 0.1) is 0 Å². The van der Waals surface area contributed by atoms with Gasteiger partial charge in [0, 0.05) is 0 Å². The maximum atomic E-state index is 7.17. The Hall–Kier alpha value is 1.26. The second-order valence-corrected chi connectivity index (χ2v) is 1.39. The van der Waals surface area contributed by atoms with Crippen LogP contribution in [0.4, 0.5) is 0 Å². The van der Waals surface area contributed by atoms with Crippen LogP contribution in [0.25, 0.3) is 0 Å². The van der Waals surface area contributed by atoms with Crippen molar-refractivity contribution in [1.82, 2.24) is 0 Å². The fourth-order valence-electron chi connectivity index (χ4n) is 0. The van der Waals surface area contributed by atoms with Crippen molar-refractivity contribution in [2.45, 2.75) is 0 Å². The summed E-state index contributed by atoms with van der Waals surface area (Å²) in [6, 6.07) is 0. The van der Waals surface area contributed by atoms with Crippen molar-refractivity contribution >= 4 is 80.7 Å². The molecular weight excluding hydrogens is 338 g/mol. The van der Waals surface area contributed by atoms with Gasteiger partial charge in [-0.25, -0.2) is 0 Å². The molecule has 0 rings (SSSR count). The van der Waals surface area contributed by atoms with E-state index in [0.29, 0.717) is 0 Å². The Morgan fingerprint density at radius 3 is 0.286 bits per heavy atom. The van der Waals surface area contributed by atoms with Crippen LogP contribution in [0.15, 0.2) is 0 Å². The van der Waals surface area contributed by atoms with Crippen molar-refractivity contribution < 1.29 is 82.2 Å². The van der Waals surface area contributed by atoms with E-state index in [9.17, 15) is 0 Å². The van der Waals surface area contributed by atoms with Crippen molar-refractivity contribution in [2.24, 2.45) is 0 Å². The van der Waals surface area contributed by atoms with E-state index in [0.717, 1.165) is 0 Å². The number of rotatable bonds is 0. The average Bonchev–Trinajstić information content (AvgIpc) is 1.76. The minimum atomic E-state index is -2.17. The topological polar surface area (TPSA) is 369 Å². The van der Waals surface area contributed by atoms with E-state index >= 15 is 0 Å². The second-order valence-electron chi connectivity index (χ2n) is 1.39. The van der Waals surface area contributed by atoms with Crippen molar-refractivity contribution in [3.8, 4) is 0 Å². The van der Waals surface area contributed by atoms with Gasteiger partial charge in [-0.3, -0.25) is 0 Å². The third-order valence-corrected chi connectivity index (χ3v) is 0. The third-order valence-electron chi connectivity index (χ3n) is 0. The van der Waals surface area contributed by atoms with E-state index < -0.39 is 29.3 Å². The Morgan fingerprint density at radius 1 is 0.286 bits per heavy atom. The van der Waals surface area contributed by atoms with Crippen molar-refractivity contribution in [3.63, 3.8) is 0 Å². The molecular formula is H21B4KO16. The molecule has 0 radical (unpaired) electrons. The first-order valence-corrected chi connectivity index (χ1v) is 3.10. The van der Waals surface area contributed by atoms with Gasteiger partial charge in [-0.1, -0.05) is 0 Å². The zero-order chi connectivity index (χ0) is 14.3. The van der Waals surface area contributed by atoms with Gasteiger partial charge in [0.25, 0.3) is 0 Å². The summed E-state index contributed by atoms with van der Waals surface area (Å²) in [7, 11) is -8.67. The van der Waals surface area contributed by atoms with Gasteiger partial charge in [0.15, 0.2) is 0 Å². The monoisotopic (exact) mass is 360 g/mol. The second kappa shape index (κ2) is 49.6. The molecule has 0 aliphatic heterocycles. The molecule has 0 aliphatic rings. The summed E-state index contributed by atoms with van der Waals surface area (Å²) < 4.78 is 0. The van der Waals surface area contributed by atoms with Crippen LogP contribution in [0.5, 0.6) is 0 Å². The van der Waals surface area contributed by atoms with E-state index in [2.05, 4.69) is 0 Å². The van der Waals surface area contributed by atoms with Crippen molar-refractivity contribution in [2.75, 3.05) is 0 Å². The van der Waals surface area contributed by atoms with Gasteiger partial charge < -0.3 is 82.2 Å². The molecule has 0 atom stereocenters. The standard InChI is InChI=1S/4BH3O3.K.4H2O.H/c4*2-1(3)4;;;;;;/h4*2-4H;;4*1H2;. The Kier molecular flexibility index (Phi) is 135. The summed E-state index contributed by atoms with van der Waals surface area (Å²) in [5, 5.41) is 86.0. The van der Waals surface area contributed by atoms with E-state index in [1.54, 1.807) is 0 Å². The summed E-state index contributed by atoms with van der Waals surface area (Å²) >= 11 is 0. The fourth-order valence-corrected chi connectivity index (χ4v) is 0. The van der Waals surface area contributed by atoms with Gasteiger partial charge >= 0.3 is 80.7 Å². The first-order chi connectivity index (χ1) is 6.93. The van der Waals surface area contributed by atoms with Crippen LogP contribution in [-0.2, 0) is 0 Å². The van der Waals surface area contributed by atoms with Crippen LogP contribution in [-0.4, -0.2) is 163 Å². The van der Waals surface area contributed by atoms with Gasteiger partial charge in [0.1, 0.15) is 0 Å². The molecule has 20 N–H and O–H groups in total.